The molecule has 0 unspecified atom stereocenters. The van der Waals surface area contributed by atoms with Gasteiger partial charge in [0.2, 0.25) is 0 Å². The second-order valence-electron chi connectivity index (χ2n) is 7.67. The highest BCUT2D eigenvalue weighted by Gasteiger charge is 2.21. The maximum Gasteiger partial charge on any atom is 0.317 e. The number of para-hydroxylation sites is 1. The minimum absolute atomic E-state index is 0.108. The van der Waals surface area contributed by atoms with Crippen molar-refractivity contribution in [2.45, 2.75) is 13.1 Å². The predicted octanol–water partition coefficient (Wildman–Crippen LogP) is 1.97. The fourth-order valence-corrected chi connectivity index (χ4v) is 3.79. The molecule has 2 amide bonds. The summed E-state index contributed by atoms with van der Waals surface area (Å²) in [6, 6.07) is 12.7. The topological polar surface area (TPSA) is 99.8 Å². The molecule has 2 heterocycles. The van der Waals surface area contributed by atoms with E-state index < -0.39 is 0 Å². The molecule has 32 heavy (non-hydrogen) atoms. The molecule has 1 saturated heterocycles. The van der Waals surface area contributed by atoms with Crippen LogP contribution in [0.2, 0.25) is 0 Å². The Morgan fingerprint density at radius 3 is 2.44 bits per heavy atom. The number of amides is 2. The summed E-state index contributed by atoms with van der Waals surface area (Å²) in [6.45, 7) is 3.54. The Kier molecular flexibility index (Phi) is 6.55. The number of nitrogens with zero attached hydrogens (tertiary/aromatic N) is 3. The third kappa shape index (κ3) is 5.00. The van der Waals surface area contributed by atoms with Crippen molar-refractivity contribution in [1.29, 1.82) is 0 Å². The van der Waals surface area contributed by atoms with E-state index in [1.807, 2.05) is 30.3 Å². The third-order valence-corrected chi connectivity index (χ3v) is 5.55. The van der Waals surface area contributed by atoms with Crippen molar-refractivity contribution in [2.75, 3.05) is 40.4 Å². The highest BCUT2D eigenvalue weighted by molar-refractivity contribution is 5.77. The lowest BCUT2D eigenvalue weighted by Gasteiger charge is -2.34. The summed E-state index contributed by atoms with van der Waals surface area (Å²) in [7, 11) is 3.19. The van der Waals surface area contributed by atoms with Crippen LogP contribution in [0.3, 0.4) is 0 Å². The first-order chi connectivity index (χ1) is 15.6. The Bertz CT molecular complexity index is 1130. The molecule has 0 bridgehead atoms. The van der Waals surface area contributed by atoms with Crippen LogP contribution in [-0.2, 0) is 13.1 Å². The van der Waals surface area contributed by atoms with Crippen LogP contribution in [0.25, 0.3) is 10.9 Å². The SMILES string of the molecule is COc1cc(CNC(=O)N2CCN(Cc3nc4ccccc4c(=O)[nH]3)CC2)cc(OC)c1. The summed E-state index contributed by atoms with van der Waals surface area (Å²) in [5, 5.41) is 3.55. The van der Waals surface area contributed by atoms with Gasteiger partial charge in [0.1, 0.15) is 17.3 Å². The minimum Gasteiger partial charge on any atom is -0.497 e. The van der Waals surface area contributed by atoms with Crippen molar-refractivity contribution in [3.05, 3.63) is 64.2 Å². The van der Waals surface area contributed by atoms with Gasteiger partial charge >= 0.3 is 6.03 Å². The number of hydrogen-bond donors (Lipinski definition) is 2. The van der Waals surface area contributed by atoms with Crippen LogP contribution < -0.4 is 20.3 Å². The first-order valence-electron chi connectivity index (χ1n) is 10.5. The molecule has 0 saturated carbocycles. The van der Waals surface area contributed by atoms with Crippen molar-refractivity contribution in [3.63, 3.8) is 0 Å². The molecule has 0 radical (unpaired) electrons. The van der Waals surface area contributed by atoms with Crippen LogP contribution >= 0.6 is 0 Å². The summed E-state index contributed by atoms with van der Waals surface area (Å²) in [4.78, 5) is 36.3. The molecule has 1 aliphatic heterocycles. The van der Waals surface area contributed by atoms with Crippen molar-refractivity contribution < 1.29 is 14.3 Å². The lowest BCUT2D eigenvalue weighted by atomic mass is 10.2. The fraction of sp³-hybridized carbons (Fsp3) is 0.348. The van der Waals surface area contributed by atoms with Crippen molar-refractivity contribution in [1.82, 2.24) is 25.1 Å². The van der Waals surface area contributed by atoms with Gasteiger partial charge in [-0.25, -0.2) is 9.78 Å². The smallest absolute Gasteiger partial charge is 0.317 e. The van der Waals surface area contributed by atoms with Crippen molar-refractivity contribution in [3.8, 4) is 11.5 Å². The highest BCUT2D eigenvalue weighted by Crippen LogP contribution is 2.22. The number of carbonyl (C=O) groups is 1. The second kappa shape index (κ2) is 9.69. The number of nitrogens with one attached hydrogen (secondary N) is 2. The normalized spacial score (nSPS) is 14.4. The summed E-state index contributed by atoms with van der Waals surface area (Å²) in [5.41, 5.74) is 1.47. The molecular weight excluding hydrogens is 410 g/mol. The number of hydrogen-bond acceptors (Lipinski definition) is 6. The highest BCUT2D eigenvalue weighted by atomic mass is 16.5. The Labute approximate surface area is 186 Å². The molecule has 0 aliphatic carbocycles. The quantitative estimate of drug-likeness (QED) is 0.612. The van der Waals surface area contributed by atoms with Crippen LogP contribution in [-0.4, -0.2) is 66.2 Å². The van der Waals surface area contributed by atoms with Crippen LogP contribution in [0.1, 0.15) is 11.4 Å². The molecule has 3 aromatic rings. The summed E-state index contributed by atoms with van der Waals surface area (Å²) in [5.74, 6) is 2.00. The molecule has 1 aromatic heterocycles. The van der Waals surface area contributed by atoms with Gasteiger partial charge in [-0.3, -0.25) is 9.69 Å². The third-order valence-electron chi connectivity index (χ3n) is 5.55. The standard InChI is InChI=1S/C23H27N5O4/c1-31-17-11-16(12-18(13-17)32-2)14-24-23(30)28-9-7-27(8-10-28)15-21-25-20-6-4-3-5-19(20)22(29)26-21/h3-6,11-13H,7-10,14-15H2,1-2H3,(H,24,30)(H,25,26,29). The van der Waals surface area contributed by atoms with E-state index in [0.29, 0.717) is 67.5 Å². The molecule has 4 rings (SSSR count). The number of H-pyrrole nitrogens is 1. The van der Waals surface area contributed by atoms with Gasteiger partial charge in [-0.1, -0.05) is 12.1 Å². The number of ether oxygens (including phenoxy) is 2. The van der Waals surface area contributed by atoms with Crippen LogP contribution in [0, 0.1) is 0 Å². The van der Waals surface area contributed by atoms with Crippen molar-refractivity contribution in [2.24, 2.45) is 0 Å². The Hall–Kier alpha value is -3.59. The van der Waals surface area contributed by atoms with Gasteiger partial charge in [-0.15, -0.1) is 0 Å². The molecule has 1 fully saturated rings. The number of piperazine rings is 1. The fourth-order valence-electron chi connectivity index (χ4n) is 3.79. The van der Waals surface area contributed by atoms with E-state index in [1.54, 1.807) is 31.3 Å². The number of aromatic amines is 1. The largest absolute Gasteiger partial charge is 0.497 e. The zero-order chi connectivity index (χ0) is 22.5. The molecule has 9 nitrogen and oxygen atoms in total. The molecule has 9 heteroatoms. The number of benzene rings is 2. The van der Waals surface area contributed by atoms with Gasteiger partial charge in [0.25, 0.3) is 5.56 Å². The summed E-state index contributed by atoms with van der Waals surface area (Å²) in [6.07, 6.45) is 0. The number of aromatic nitrogens is 2. The van der Waals surface area contributed by atoms with Crippen LogP contribution in [0.15, 0.2) is 47.3 Å². The number of urea groups is 1. The van der Waals surface area contributed by atoms with Crippen molar-refractivity contribution >= 4 is 16.9 Å². The van der Waals surface area contributed by atoms with Gasteiger partial charge in [-0.05, 0) is 29.8 Å². The average Bonchev–Trinajstić information content (AvgIpc) is 2.82. The Morgan fingerprint density at radius 1 is 1.06 bits per heavy atom. The van der Waals surface area contributed by atoms with E-state index in [9.17, 15) is 9.59 Å². The molecule has 1 aliphatic rings. The number of fused-ring (bicyclic) bond motifs is 1. The summed E-state index contributed by atoms with van der Waals surface area (Å²) < 4.78 is 10.6. The van der Waals surface area contributed by atoms with E-state index in [4.69, 9.17) is 9.47 Å². The van der Waals surface area contributed by atoms with E-state index in [1.165, 1.54) is 0 Å². The molecule has 168 valence electrons. The zero-order valence-electron chi connectivity index (χ0n) is 18.3. The monoisotopic (exact) mass is 437 g/mol. The Morgan fingerprint density at radius 2 is 1.75 bits per heavy atom. The number of rotatable bonds is 6. The van der Waals surface area contributed by atoms with Crippen LogP contribution in [0.4, 0.5) is 4.79 Å². The van der Waals surface area contributed by atoms with E-state index in [-0.39, 0.29) is 11.6 Å². The molecular formula is C23H27N5O4. The van der Waals surface area contributed by atoms with Gasteiger partial charge in [0, 0.05) is 38.8 Å². The van der Waals surface area contributed by atoms with Gasteiger partial charge in [-0.2, -0.15) is 0 Å². The van der Waals surface area contributed by atoms with Gasteiger partial charge in [0.05, 0.1) is 31.7 Å². The molecule has 0 spiro atoms. The first kappa shape index (κ1) is 21.6. The predicted molar refractivity (Wildman–Crippen MR) is 121 cm³/mol. The second-order valence-corrected chi connectivity index (χ2v) is 7.67. The van der Waals surface area contributed by atoms with E-state index >= 15 is 0 Å². The number of carbonyl (C=O) groups excluding carboxylic acids is 1. The lowest BCUT2D eigenvalue weighted by Crippen LogP contribution is -2.51. The lowest BCUT2D eigenvalue weighted by molar-refractivity contribution is 0.133. The maximum absolute atomic E-state index is 12.6. The van der Waals surface area contributed by atoms with Gasteiger partial charge < -0.3 is 24.7 Å². The Balaban J connectivity index is 1.30. The molecule has 2 N–H and O–H groups in total. The van der Waals surface area contributed by atoms with Gasteiger partial charge in [0.15, 0.2) is 0 Å². The first-order valence-corrected chi connectivity index (χ1v) is 10.5. The van der Waals surface area contributed by atoms with E-state index in [0.717, 1.165) is 5.56 Å². The maximum atomic E-state index is 12.6. The minimum atomic E-state index is -0.127. The molecule has 2 aromatic carbocycles. The summed E-state index contributed by atoms with van der Waals surface area (Å²) >= 11 is 0. The zero-order valence-corrected chi connectivity index (χ0v) is 18.3. The molecule has 0 atom stereocenters. The van der Waals surface area contributed by atoms with Crippen LogP contribution in [0.5, 0.6) is 11.5 Å². The average molecular weight is 438 g/mol. The van der Waals surface area contributed by atoms with E-state index in [2.05, 4.69) is 20.2 Å². The number of methoxy groups -OCH3 is 2.